The van der Waals surface area contributed by atoms with Gasteiger partial charge in [0.25, 0.3) is 0 Å². The van der Waals surface area contributed by atoms with Crippen LogP contribution in [-0.4, -0.2) is 54.4 Å². The molecule has 1 N–H and O–H groups in total. The van der Waals surface area contributed by atoms with E-state index in [1.54, 1.807) is 0 Å². The molecule has 1 aromatic rings. The van der Waals surface area contributed by atoms with Gasteiger partial charge < -0.3 is 10.1 Å². The fourth-order valence-electron chi connectivity index (χ4n) is 2.62. The van der Waals surface area contributed by atoms with Gasteiger partial charge in [0.15, 0.2) is 16.6 Å². The number of carbonyl (C=O) groups excluding carboxylic acids is 2. The smallest absolute Gasteiger partial charge is 0.358 e. The van der Waals surface area contributed by atoms with Crippen LogP contribution in [0, 0.1) is 0 Å². The predicted molar refractivity (Wildman–Crippen MR) is 82.2 cm³/mol. The van der Waals surface area contributed by atoms with Crippen molar-refractivity contribution < 1.29 is 14.3 Å². The lowest BCUT2D eigenvalue weighted by Crippen LogP contribution is -2.34. The summed E-state index contributed by atoms with van der Waals surface area (Å²) in [5.41, 5.74) is 0.108. The van der Waals surface area contributed by atoms with Crippen LogP contribution in [0.4, 0.5) is 5.13 Å². The Morgan fingerprint density at radius 3 is 2.90 bits per heavy atom. The van der Waals surface area contributed by atoms with Crippen molar-refractivity contribution in [3.63, 3.8) is 0 Å². The molecule has 0 saturated carbocycles. The van der Waals surface area contributed by atoms with Gasteiger partial charge in [0, 0.05) is 19.5 Å². The van der Waals surface area contributed by atoms with E-state index in [9.17, 15) is 9.59 Å². The summed E-state index contributed by atoms with van der Waals surface area (Å²) in [6, 6.07) is 0.487. The van der Waals surface area contributed by atoms with E-state index in [1.807, 2.05) is 0 Å². The van der Waals surface area contributed by atoms with Gasteiger partial charge in [0.05, 0.1) is 7.11 Å². The van der Waals surface area contributed by atoms with Gasteiger partial charge in [-0.25, -0.2) is 9.78 Å². The number of hydrogen-bond donors (Lipinski definition) is 1. The molecule has 0 bridgehead atoms. The Hall–Kier alpha value is -1.47. The average Bonchev–Trinajstić information content (AvgIpc) is 3.10. The van der Waals surface area contributed by atoms with Gasteiger partial charge in [-0.1, -0.05) is 18.3 Å². The van der Waals surface area contributed by atoms with Crippen LogP contribution >= 0.6 is 11.3 Å². The molecule has 2 rings (SSSR count). The molecule has 1 unspecified atom stereocenters. The van der Waals surface area contributed by atoms with Crippen LogP contribution in [0.5, 0.6) is 0 Å². The fourth-order valence-corrected chi connectivity index (χ4v) is 3.47. The molecule has 1 atom stereocenters. The lowest BCUT2D eigenvalue weighted by molar-refractivity contribution is 0.0591. The molecule has 21 heavy (non-hydrogen) atoms. The number of likely N-dealkylation sites (tertiary alicyclic amines) is 1. The van der Waals surface area contributed by atoms with Crippen molar-refractivity contribution in [3.8, 4) is 0 Å². The molecule has 0 aliphatic carbocycles. The van der Waals surface area contributed by atoms with Gasteiger partial charge in [-0.05, 0) is 25.9 Å². The topological polar surface area (TPSA) is 71.5 Å². The lowest BCUT2D eigenvalue weighted by atomic mass is 10.2. The minimum Gasteiger partial charge on any atom is -0.464 e. The first-order valence-electron chi connectivity index (χ1n) is 7.14. The molecule has 116 valence electrons. The highest BCUT2D eigenvalue weighted by Crippen LogP contribution is 2.25. The largest absolute Gasteiger partial charge is 0.464 e. The Labute approximate surface area is 128 Å². The molecular formula is C14H21N3O3S. The molecule has 1 aliphatic rings. The zero-order chi connectivity index (χ0) is 15.4. The number of nitrogens with zero attached hydrogens (tertiary/aromatic N) is 2. The van der Waals surface area contributed by atoms with Gasteiger partial charge in [-0.3, -0.25) is 9.69 Å². The summed E-state index contributed by atoms with van der Waals surface area (Å²) < 4.78 is 4.67. The number of hydrogen-bond acceptors (Lipinski definition) is 7. The molecule has 1 aliphatic heterocycles. The quantitative estimate of drug-likeness (QED) is 0.640. The van der Waals surface area contributed by atoms with Gasteiger partial charge in [0.1, 0.15) is 4.88 Å². The third-order valence-corrected chi connectivity index (χ3v) is 4.83. The van der Waals surface area contributed by atoms with E-state index in [2.05, 4.69) is 26.9 Å². The SMILES string of the molecule is CCN1CCCC1CNc1nc(C(=O)OC)c(C(C)=O)s1. The Bertz CT molecular complexity index is 530. The fraction of sp³-hybridized carbons (Fsp3) is 0.643. The van der Waals surface area contributed by atoms with Crippen LogP contribution in [0.25, 0.3) is 0 Å². The molecule has 2 heterocycles. The van der Waals surface area contributed by atoms with Crippen molar-refractivity contribution in [1.29, 1.82) is 0 Å². The highest BCUT2D eigenvalue weighted by Gasteiger charge is 2.25. The first kappa shape index (κ1) is 15.9. The van der Waals surface area contributed by atoms with Crippen molar-refractivity contribution in [2.24, 2.45) is 0 Å². The second-order valence-electron chi connectivity index (χ2n) is 5.05. The maximum absolute atomic E-state index is 11.6. The van der Waals surface area contributed by atoms with E-state index >= 15 is 0 Å². The number of likely N-dealkylation sites (N-methyl/N-ethyl adjacent to an activating group) is 1. The van der Waals surface area contributed by atoms with Crippen LogP contribution in [0.3, 0.4) is 0 Å². The van der Waals surface area contributed by atoms with Crippen LogP contribution < -0.4 is 5.32 Å². The van der Waals surface area contributed by atoms with E-state index < -0.39 is 5.97 Å². The lowest BCUT2D eigenvalue weighted by Gasteiger charge is -2.22. The van der Waals surface area contributed by atoms with Crippen molar-refractivity contribution >= 4 is 28.2 Å². The first-order chi connectivity index (χ1) is 10.1. The van der Waals surface area contributed by atoms with Crippen molar-refractivity contribution in [2.45, 2.75) is 32.7 Å². The number of rotatable bonds is 6. The summed E-state index contributed by atoms with van der Waals surface area (Å²) in [4.78, 5) is 30.2. The van der Waals surface area contributed by atoms with Crippen molar-refractivity contribution in [2.75, 3.05) is 32.1 Å². The van der Waals surface area contributed by atoms with Gasteiger partial charge in [-0.15, -0.1) is 0 Å². The minimum absolute atomic E-state index is 0.108. The summed E-state index contributed by atoms with van der Waals surface area (Å²) in [6.45, 7) is 6.53. The van der Waals surface area contributed by atoms with Crippen LogP contribution in [0.1, 0.15) is 46.8 Å². The zero-order valence-electron chi connectivity index (χ0n) is 12.6. The molecule has 0 amide bonds. The number of methoxy groups -OCH3 is 1. The van der Waals surface area contributed by atoms with E-state index in [4.69, 9.17) is 0 Å². The maximum Gasteiger partial charge on any atom is 0.358 e. The Morgan fingerprint density at radius 2 is 2.29 bits per heavy atom. The minimum atomic E-state index is -0.569. The molecule has 0 radical (unpaired) electrons. The number of nitrogens with one attached hydrogen (secondary N) is 1. The van der Waals surface area contributed by atoms with Gasteiger partial charge in [-0.2, -0.15) is 0 Å². The van der Waals surface area contributed by atoms with Crippen molar-refractivity contribution in [1.82, 2.24) is 9.88 Å². The third-order valence-electron chi connectivity index (χ3n) is 3.72. The molecule has 0 aromatic carbocycles. The Balaban J connectivity index is 2.07. The highest BCUT2D eigenvalue weighted by atomic mass is 32.1. The van der Waals surface area contributed by atoms with E-state index in [1.165, 1.54) is 31.8 Å². The molecule has 1 fully saturated rings. The van der Waals surface area contributed by atoms with E-state index in [0.717, 1.165) is 26.1 Å². The number of anilines is 1. The number of ketones is 1. The summed E-state index contributed by atoms with van der Waals surface area (Å²) >= 11 is 1.21. The van der Waals surface area contributed by atoms with Crippen LogP contribution in [0.15, 0.2) is 0 Å². The summed E-state index contributed by atoms with van der Waals surface area (Å²) in [7, 11) is 1.29. The van der Waals surface area contributed by atoms with E-state index in [-0.39, 0.29) is 11.5 Å². The zero-order valence-corrected chi connectivity index (χ0v) is 13.5. The highest BCUT2D eigenvalue weighted by molar-refractivity contribution is 7.17. The summed E-state index contributed by atoms with van der Waals surface area (Å²) in [5, 5.41) is 3.85. The number of Topliss-reactive ketones (excluding diaryl/α,β-unsaturated/α-hetero) is 1. The summed E-state index contributed by atoms with van der Waals surface area (Å²) in [5.74, 6) is -0.738. The molecule has 7 heteroatoms. The van der Waals surface area contributed by atoms with Crippen molar-refractivity contribution in [3.05, 3.63) is 10.6 Å². The maximum atomic E-state index is 11.6. The number of ether oxygens (including phenoxy) is 1. The Kier molecular flexibility index (Phi) is 5.30. The summed E-state index contributed by atoms with van der Waals surface area (Å²) in [6.07, 6.45) is 2.37. The van der Waals surface area contributed by atoms with Crippen LogP contribution in [0.2, 0.25) is 0 Å². The number of aromatic nitrogens is 1. The second-order valence-corrected chi connectivity index (χ2v) is 6.05. The van der Waals surface area contributed by atoms with Gasteiger partial charge in [0.2, 0.25) is 0 Å². The first-order valence-corrected chi connectivity index (χ1v) is 7.96. The predicted octanol–water partition coefficient (Wildman–Crippen LogP) is 2.03. The number of carbonyl (C=O) groups is 2. The Morgan fingerprint density at radius 1 is 1.52 bits per heavy atom. The molecule has 0 spiro atoms. The monoisotopic (exact) mass is 311 g/mol. The normalized spacial score (nSPS) is 18.7. The molecular weight excluding hydrogens is 290 g/mol. The van der Waals surface area contributed by atoms with Crippen LogP contribution in [-0.2, 0) is 4.74 Å². The van der Waals surface area contributed by atoms with E-state index in [0.29, 0.717) is 16.1 Å². The second kappa shape index (κ2) is 7.00. The molecule has 1 saturated heterocycles. The number of esters is 1. The van der Waals surface area contributed by atoms with Gasteiger partial charge >= 0.3 is 5.97 Å². The number of thiazole rings is 1. The molecule has 6 nitrogen and oxygen atoms in total. The standard InChI is InChI=1S/C14H21N3O3S/c1-4-17-7-5-6-10(17)8-15-14-16-11(13(19)20-3)12(21-14)9(2)18/h10H,4-8H2,1-3H3,(H,15,16). The third kappa shape index (κ3) is 3.59. The molecule has 1 aromatic heterocycles. The average molecular weight is 311 g/mol.